The lowest BCUT2D eigenvalue weighted by atomic mass is 10.1. The van der Waals surface area contributed by atoms with Gasteiger partial charge in [-0.2, -0.15) is 0 Å². The Bertz CT molecular complexity index is 440. The largest absolute Gasteiger partial charge is 0.497 e. The van der Waals surface area contributed by atoms with E-state index in [2.05, 4.69) is 27.7 Å². The normalized spacial score (nSPS) is 13.6. The molecule has 0 fully saturated rings. The quantitative estimate of drug-likeness (QED) is 0.674. The number of hydrogen-bond acceptors (Lipinski definition) is 3. The maximum Gasteiger partial charge on any atom is 0.233 e. The first-order valence-electron chi connectivity index (χ1n) is 7.61. The summed E-state index contributed by atoms with van der Waals surface area (Å²) in [6, 6.07) is 8.42. The van der Waals surface area contributed by atoms with Gasteiger partial charge in [-0.25, -0.2) is 0 Å². The van der Waals surface area contributed by atoms with Crippen LogP contribution in [-0.4, -0.2) is 35.8 Å². The fourth-order valence-corrected chi connectivity index (χ4v) is 3.04. The molecule has 0 bridgehead atoms. The number of methoxy groups -OCH3 is 1. The van der Waals surface area contributed by atoms with Gasteiger partial charge in [0, 0.05) is 17.0 Å². The Morgan fingerprint density at radius 1 is 1.24 bits per heavy atom. The predicted octanol–water partition coefficient (Wildman–Crippen LogP) is 4.21. The van der Waals surface area contributed by atoms with E-state index < -0.39 is 0 Å². The third-order valence-corrected chi connectivity index (χ3v) is 4.80. The van der Waals surface area contributed by atoms with Crippen molar-refractivity contribution in [1.29, 1.82) is 0 Å². The molecule has 0 aliphatic heterocycles. The van der Waals surface area contributed by atoms with Gasteiger partial charge in [0.25, 0.3) is 0 Å². The second kappa shape index (κ2) is 8.98. The number of ether oxygens (including phenoxy) is 1. The Kier molecular flexibility index (Phi) is 7.65. The van der Waals surface area contributed by atoms with Crippen LogP contribution < -0.4 is 4.74 Å². The number of nitrogens with zero attached hydrogens (tertiary/aromatic N) is 1. The van der Waals surface area contributed by atoms with Gasteiger partial charge in [0.1, 0.15) is 5.75 Å². The maximum atomic E-state index is 12.5. The Balaban J connectivity index is 2.68. The van der Waals surface area contributed by atoms with E-state index in [1.165, 1.54) is 0 Å². The van der Waals surface area contributed by atoms with Gasteiger partial charge in [0.2, 0.25) is 5.91 Å². The zero-order chi connectivity index (χ0) is 15.8. The summed E-state index contributed by atoms with van der Waals surface area (Å²) >= 11 is 1.57. The van der Waals surface area contributed by atoms with Crippen molar-refractivity contribution in [3.8, 4) is 5.75 Å². The molecule has 0 aromatic heterocycles. The topological polar surface area (TPSA) is 29.5 Å². The fourth-order valence-electron chi connectivity index (χ4n) is 2.23. The fraction of sp³-hybridized carbons (Fsp3) is 0.588. The van der Waals surface area contributed by atoms with E-state index in [1.807, 2.05) is 29.2 Å². The zero-order valence-electron chi connectivity index (χ0n) is 13.8. The van der Waals surface area contributed by atoms with Gasteiger partial charge in [-0.1, -0.05) is 19.9 Å². The Morgan fingerprint density at radius 2 is 1.86 bits per heavy atom. The van der Waals surface area contributed by atoms with Crippen molar-refractivity contribution in [3.05, 3.63) is 24.3 Å². The standard InChI is InChI=1S/C17H27NO2S/c1-6-13(3)18(14(4)7-2)17(19)12-21-16-10-8-9-15(11-16)20-5/h8-11,13-14H,6-7,12H2,1-5H3. The number of thioether (sulfide) groups is 1. The summed E-state index contributed by atoms with van der Waals surface area (Å²) in [6.07, 6.45) is 1.97. The van der Waals surface area contributed by atoms with Gasteiger partial charge in [-0.15, -0.1) is 11.8 Å². The van der Waals surface area contributed by atoms with Crippen molar-refractivity contribution < 1.29 is 9.53 Å². The van der Waals surface area contributed by atoms with Crippen LogP contribution in [-0.2, 0) is 4.79 Å². The van der Waals surface area contributed by atoms with Gasteiger partial charge >= 0.3 is 0 Å². The van der Waals surface area contributed by atoms with Crippen LogP contribution in [0.5, 0.6) is 5.75 Å². The van der Waals surface area contributed by atoms with Crippen LogP contribution in [0.15, 0.2) is 29.2 Å². The van der Waals surface area contributed by atoms with Crippen LogP contribution in [0.25, 0.3) is 0 Å². The molecule has 3 nitrogen and oxygen atoms in total. The van der Waals surface area contributed by atoms with Crippen LogP contribution in [0.3, 0.4) is 0 Å². The molecular formula is C17H27NO2S. The van der Waals surface area contributed by atoms with Crippen molar-refractivity contribution in [3.63, 3.8) is 0 Å². The van der Waals surface area contributed by atoms with Crippen LogP contribution >= 0.6 is 11.8 Å². The van der Waals surface area contributed by atoms with E-state index >= 15 is 0 Å². The molecule has 0 saturated heterocycles. The van der Waals surface area contributed by atoms with Crippen molar-refractivity contribution in [1.82, 2.24) is 4.90 Å². The summed E-state index contributed by atoms with van der Waals surface area (Å²) in [5, 5.41) is 0. The molecule has 1 aromatic carbocycles. The van der Waals surface area contributed by atoms with Gasteiger partial charge < -0.3 is 9.64 Å². The molecule has 21 heavy (non-hydrogen) atoms. The molecule has 0 radical (unpaired) electrons. The molecular weight excluding hydrogens is 282 g/mol. The Hall–Kier alpha value is -1.16. The average molecular weight is 309 g/mol. The van der Waals surface area contributed by atoms with Gasteiger partial charge in [-0.3, -0.25) is 4.79 Å². The molecule has 1 rings (SSSR count). The van der Waals surface area contributed by atoms with Gasteiger partial charge in [0.15, 0.2) is 0 Å². The average Bonchev–Trinajstić information content (AvgIpc) is 2.52. The molecule has 4 heteroatoms. The first-order valence-corrected chi connectivity index (χ1v) is 8.60. The third-order valence-electron chi connectivity index (χ3n) is 3.82. The third kappa shape index (κ3) is 5.27. The molecule has 118 valence electrons. The van der Waals surface area contributed by atoms with E-state index in [-0.39, 0.29) is 5.91 Å². The van der Waals surface area contributed by atoms with E-state index in [0.717, 1.165) is 23.5 Å². The summed E-state index contributed by atoms with van der Waals surface area (Å²) in [5.41, 5.74) is 0. The molecule has 1 amide bonds. The first kappa shape index (κ1) is 17.9. The summed E-state index contributed by atoms with van der Waals surface area (Å²) < 4.78 is 5.21. The molecule has 0 aliphatic rings. The SMILES string of the molecule is CCC(C)N(C(=O)CSc1cccc(OC)c1)C(C)CC. The highest BCUT2D eigenvalue weighted by Crippen LogP contribution is 2.24. The summed E-state index contributed by atoms with van der Waals surface area (Å²) in [7, 11) is 1.66. The molecule has 0 spiro atoms. The van der Waals surface area contributed by atoms with Crippen LogP contribution in [0.4, 0.5) is 0 Å². The summed E-state index contributed by atoms with van der Waals surface area (Å²) in [5.74, 6) is 1.52. The maximum absolute atomic E-state index is 12.5. The number of carbonyl (C=O) groups excluding carboxylic acids is 1. The second-order valence-electron chi connectivity index (χ2n) is 5.28. The lowest BCUT2D eigenvalue weighted by molar-refractivity contribution is -0.132. The number of benzene rings is 1. The zero-order valence-corrected chi connectivity index (χ0v) is 14.6. The van der Waals surface area contributed by atoms with Crippen molar-refractivity contribution >= 4 is 17.7 Å². The van der Waals surface area contributed by atoms with Gasteiger partial charge in [0.05, 0.1) is 12.9 Å². The number of hydrogen-bond donors (Lipinski definition) is 0. The van der Waals surface area contributed by atoms with E-state index in [9.17, 15) is 4.79 Å². The number of carbonyl (C=O) groups is 1. The predicted molar refractivity (Wildman–Crippen MR) is 90.1 cm³/mol. The van der Waals surface area contributed by atoms with Gasteiger partial charge in [-0.05, 0) is 44.9 Å². The Morgan fingerprint density at radius 3 is 2.38 bits per heavy atom. The van der Waals surface area contributed by atoms with Crippen molar-refractivity contribution in [2.75, 3.05) is 12.9 Å². The number of rotatable bonds is 8. The molecule has 0 heterocycles. The lowest BCUT2D eigenvalue weighted by Crippen LogP contribution is -2.45. The molecule has 1 aromatic rings. The minimum atomic E-state index is 0.214. The highest BCUT2D eigenvalue weighted by Gasteiger charge is 2.23. The smallest absolute Gasteiger partial charge is 0.233 e. The second-order valence-corrected chi connectivity index (χ2v) is 6.33. The molecule has 0 saturated carbocycles. The van der Waals surface area contributed by atoms with Crippen molar-refractivity contribution in [2.24, 2.45) is 0 Å². The van der Waals surface area contributed by atoms with Crippen LogP contribution in [0.2, 0.25) is 0 Å². The summed E-state index contributed by atoms with van der Waals surface area (Å²) in [6.45, 7) is 8.51. The van der Waals surface area contributed by atoms with Crippen LogP contribution in [0.1, 0.15) is 40.5 Å². The van der Waals surface area contributed by atoms with E-state index in [1.54, 1.807) is 18.9 Å². The molecule has 2 unspecified atom stereocenters. The monoisotopic (exact) mass is 309 g/mol. The molecule has 0 aliphatic carbocycles. The molecule has 0 N–H and O–H groups in total. The van der Waals surface area contributed by atoms with Crippen LogP contribution in [0, 0.1) is 0 Å². The van der Waals surface area contributed by atoms with E-state index in [4.69, 9.17) is 4.74 Å². The lowest BCUT2D eigenvalue weighted by Gasteiger charge is -2.34. The highest BCUT2D eigenvalue weighted by atomic mass is 32.2. The molecule has 2 atom stereocenters. The minimum Gasteiger partial charge on any atom is -0.497 e. The highest BCUT2D eigenvalue weighted by molar-refractivity contribution is 8.00. The van der Waals surface area contributed by atoms with E-state index in [0.29, 0.717) is 17.8 Å². The van der Waals surface area contributed by atoms with Crippen molar-refractivity contribution in [2.45, 2.75) is 57.5 Å². The Labute approximate surface area is 133 Å². The minimum absolute atomic E-state index is 0.214. The summed E-state index contributed by atoms with van der Waals surface area (Å²) in [4.78, 5) is 15.6. The first-order chi connectivity index (χ1) is 10.0. The number of amides is 1.